The van der Waals surface area contributed by atoms with E-state index in [2.05, 4.69) is 4.98 Å². The third-order valence-electron chi connectivity index (χ3n) is 1.33. The average molecular weight is 241 g/mol. The fraction of sp³-hybridized carbons (Fsp3) is 0.167. The van der Waals surface area contributed by atoms with Gasteiger partial charge in [-0.2, -0.15) is 21.6 Å². The average Bonchev–Trinajstić information content (AvgIpc) is 2.00. The van der Waals surface area contributed by atoms with Crippen molar-refractivity contribution in [2.24, 2.45) is 0 Å². The van der Waals surface area contributed by atoms with Crippen LogP contribution in [0.4, 0.5) is 24.7 Å². The Kier molecular flexibility index (Phi) is 2.75. The molecule has 0 fully saturated rings. The first-order valence-electron chi connectivity index (χ1n) is 3.53. The maximum Gasteiger partial charge on any atom is 0.516 e. The summed E-state index contributed by atoms with van der Waals surface area (Å²) in [6.07, 6.45) is 1.09. The minimum atomic E-state index is -5.44. The molecule has 3 N–H and O–H groups in total. The zero-order valence-electron chi connectivity index (χ0n) is 7.12. The van der Waals surface area contributed by atoms with E-state index in [1.807, 2.05) is 0 Å². The smallest absolute Gasteiger partial charge is 0.399 e. The van der Waals surface area contributed by atoms with E-state index in [1.165, 1.54) is 10.8 Å². The molecule has 0 radical (unpaired) electrons. The van der Waals surface area contributed by atoms with E-state index in [-0.39, 0.29) is 5.69 Å². The van der Waals surface area contributed by atoms with Crippen molar-refractivity contribution in [3.05, 3.63) is 18.3 Å². The molecule has 0 aliphatic heterocycles. The number of hydrogen-bond acceptors (Lipinski definition) is 4. The summed E-state index contributed by atoms with van der Waals surface area (Å²) in [6, 6.07) is 2.29. The number of nitrogens with zero attached hydrogens (tertiary/aromatic N) is 1. The minimum absolute atomic E-state index is 0.102. The number of aromatic nitrogens is 1. The highest BCUT2D eigenvalue weighted by Crippen LogP contribution is 2.24. The Hall–Kier alpha value is -1.51. The van der Waals surface area contributed by atoms with Crippen LogP contribution in [0.2, 0.25) is 0 Å². The standard InChI is InChI=1S/C6H6F3N3O2S/c7-6(8,9)15(13,14)12-5-3-4(10)1-2-11-5/h1-3H,(H3,10,11,12). The van der Waals surface area contributed by atoms with Gasteiger partial charge in [-0.1, -0.05) is 0 Å². The number of halogens is 3. The number of anilines is 2. The van der Waals surface area contributed by atoms with Crippen LogP contribution < -0.4 is 10.5 Å². The molecule has 9 heteroatoms. The van der Waals surface area contributed by atoms with E-state index >= 15 is 0 Å². The van der Waals surface area contributed by atoms with E-state index in [1.54, 1.807) is 0 Å². The van der Waals surface area contributed by atoms with E-state index in [0.29, 0.717) is 0 Å². The SMILES string of the molecule is Nc1ccnc(NS(=O)(=O)C(F)(F)F)c1. The molecule has 1 aromatic heterocycles. The van der Waals surface area contributed by atoms with Crippen LogP contribution in [0, 0.1) is 0 Å². The molecule has 0 amide bonds. The fourth-order valence-corrected chi connectivity index (χ4v) is 1.20. The first-order chi connectivity index (χ1) is 6.72. The van der Waals surface area contributed by atoms with Crippen molar-refractivity contribution in [3.63, 3.8) is 0 Å². The number of nitrogens with two attached hydrogens (primary N) is 1. The van der Waals surface area contributed by atoms with Crippen molar-refractivity contribution in [2.45, 2.75) is 5.51 Å². The zero-order valence-corrected chi connectivity index (χ0v) is 7.93. The van der Waals surface area contributed by atoms with Gasteiger partial charge in [0.25, 0.3) is 0 Å². The second-order valence-corrected chi connectivity index (χ2v) is 4.20. The van der Waals surface area contributed by atoms with Crippen LogP contribution in [0.15, 0.2) is 18.3 Å². The minimum Gasteiger partial charge on any atom is -0.399 e. The Morgan fingerprint density at radius 2 is 2.00 bits per heavy atom. The summed E-state index contributed by atoms with van der Waals surface area (Å²) in [4.78, 5) is 3.37. The summed E-state index contributed by atoms with van der Waals surface area (Å²) in [7, 11) is -5.44. The van der Waals surface area contributed by atoms with Crippen LogP contribution >= 0.6 is 0 Å². The van der Waals surface area contributed by atoms with Gasteiger partial charge in [0.2, 0.25) is 0 Å². The Labute approximate surface area is 83.2 Å². The molecule has 0 atom stereocenters. The molecule has 5 nitrogen and oxygen atoms in total. The predicted molar refractivity (Wildman–Crippen MR) is 47.2 cm³/mol. The molecule has 0 spiro atoms. The highest BCUT2D eigenvalue weighted by molar-refractivity contribution is 7.93. The molecular formula is C6H6F3N3O2S. The topological polar surface area (TPSA) is 85.1 Å². The van der Waals surface area contributed by atoms with Gasteiger partial charge in [-0.3, -0.25) is 4.72 Å². The van der Waals surface area contributed by atoms with Crippen molar-refractivity contribution in [2.75, 3.05) is 10.5 Å². The Morgan fingerprint density at radius 1 is 1.40 bits per heavy atom. The van der Waals surface area contributed by atoms with Gasteiger partial charge >= 0.3 is 15.5 Å². The van der Waals surface area contributed by atoms with Gasteiger partial charge in [-0.25, -0.2) is 4.98 Å². The molecule has 1 rings (SSSR count). The number of rotatable bonds is 2. The maximum atomic E-state index is 11.9. The summed E-state index contributed by atoms with van der Waals surface area (Å²) in [6.45, 7) is 0. The summed E-state index contributed by atoms with van der Waals surface area (Å²) < 4.78 is 58.2. The normalized spacial score (nSPS) is 12.5. The lowest BCUT2D eigenvalue weighted by molar-refractivity contribution is -0.0429. The van der Waals surface area contributed by atoms with E-state index in [0.717, 1.165) is 12.3 Å². The third-order valence-corrected chi connectivity index (χ3v) is 2.41. The van der Waals surface area contributed by atoms with Gasteiger partial charge in [0, 0.05) is 18.0 Å². The molecule has 0 unspecified atom stereocenters. The Morgan fingerprint density at radius 3 is 2.47 bits per heavy atom. The van der Waals surface area contributed by atoms with Crippen LogP contribution in [0.3, 0.4) is 0 Å². The highest BCUT2D eigenvalue weighted by atomic mass is 32.2. The van der Waals surface area contributed by atoms with Gasteiger partial charge in [0.15, 0.2) is 0 Å². The van der Waals surface area contributed by atoms with E-state index < -0.39 is 21.3 Å². The van der Waals surface area contributed by atoms with Gasteiger partial charge in [0.1, 0.15) is 5.82 Å². The van der Waals surface area contributed by atoms with Gasteiger partial charge < -0.3 is 5.73 Å². The first-order valence-corrected chi connectivity index (χ1v) is 5.01. The molecule has 15 heavy (non-hydrogen) atoms. The lowest BCUT2D eigenvalue weighted by Gasteiger charge is -2.09. The van der Waals surface area contributed by atoms with Gasteiger partial charge in [-0.15, -0.1) is 0 Å². The van der Waals surface area contributed by atoms with Crippen molar-refractivity contribution in [1.29, 1.82) is 0 Å². The molecule has 0 saturated heterocycles. The molecule has 0 aromatic carbocycles. The van der Waals surface area contributed by atoms with Crippen LogP contribution in [-0.2, 0) is 10.0 Å². The summed E-state index contributed by atoms with van der Waals surface area (Å²) in [5.74, 6) is -0.479. The lowest BCUT2D eigenvalue weighted by atomic mass is 10.4. The van der Waals surface area contributed by atoms with E-state index in [4.69, 9.17) is 5.73 Å². The molecule has 0 aliphatic rings. The monoisotopic (exact) mass is 241 g/mol. The third kappa shape index (κ3) is 2.72. The number of alkyl halides is 3. The van der Waals surface area contributed by atoms with Crippen LogP contribution in [-0.4, -0.2) is 18.9 Å². The number of nitrogen functional groups attached to an aromatic ring is 1. The zero-order chi connectivity index (χ0) is 11.7. The van der Waals surface area contributed by atoms with Gasteiger partial charge in [-0.05, 0) is 6.07 Å². The summed E-state index contributed by atoms with van der Waals surface area (Å²) in [5, 5.41) is 0. The largest absolute Gasteiger partial charge is 0.516 e. The fourth-order valence-electron chi connectivity index (χ4n) is 0.698. The summed E-state index contributed by atoms with van der Waals surface area (Å²) >= 11 is 0. The van der Waals surface area contributed by atoms with Crippen LogP contribution in [0.5, 0.6) is 0 Å². The van der Waals surface area contributed by atoms with Gasteiger partial charge in [0.05, 0.1) is 0 Å². The first kappa shape index (κ1) is 11.6. The van der Waals surface area contributed by atoms with Crippen molar-refractivity contribution in [1.82, 2.24) is 4.98 Å². The summed E-state index contributed by atoms with van der Waals surface area (Å²) in [5.41, 5.74) is -0.0435. The van der Waals surface area contributed by atoms with Crippen molar-refractivity contribution < 1.29 is 21.6 Å². The predicted octanol–water partition coefficient (Wildman–Crippen LogP) is 0.925. The molecule has 0 bridgehead atoms. The maximum absolute atomic E-state index is 11.9. The lowest BCUT2D eigenvalue weighted by Crippen LogP contribution is -2.30. The molecule has 1 aromatic rings. The second-order valence-electron chi connectivity index (χ2n) is 2.53. The molecular weight excluding hydrogens is 235 g/mol. The van der Waals surface area contributed by atoms with Crippen molar-refractivity contribution in [3.8, 4) is 0 Å². The quantitative estimate of drug-likeness (QED) is 0.806. The van der Waals surface area contributed by atoms with Crippen molar-refractivity contribution >= 4 is 21.5 Å². The number of sulfonamides is 1. The Balaban J connectivity index is 2.98. The molecule has 84 valence electrons. The molecule has 1 heterocycles. The van der Waals surface area contributed by atoms with Crippen LogP contribution in [0.1, 0.15) is 0 Å². The second kappa shape index (κ2) is 3.57. The molecule has 0 aliphatic carbocycles. The Bertz CT molecular complexity index is 457. The van der Waals surface area contributed by atoms with Crippen LogP contribution in [0.25, 0.3) is 0 Å². The highest BCUT2D eigenvalue weighted by Gasteiger charge is 2.46. The number of pyridine rings is 1. The number of hydrogen-bond donors (Lipinski definition) is 2. The number of nitrogens with one attached hydrogen (secondary N) is 1. The molecule has 0 saturated carbocycles. The van der Waals surface area contributed by atoms with E-state index in [9.17, 15) is 21.6 Å².